The van der Waals surface area contributed by atoms with E-state index >= 15 is 0 Å². The lowest BCUT2D eigenvalue weighted by Gasteiger charge is -2.04. The van der Waals surface area contributed by atoms with E-state index in [2.05, 4.69) is 9.97 Å². The van der Waals surface area contributed by atoms with E-state index in [1.54, 1.807) is 24.7 Å². The van der Waals surface area contributed by atoms with Gasteiger partial charge in [0.25, 0.3) is 0 Å². The molecule has 0 saturated carbocycles. The normalized spacial score (nSPS) is 10.0. The molecule has 0 bridgehead atoms. The quantitative estimate of drug-likeness (QED) is 0.767. The Labute approximate surface area is 92.7 Å². The largest absolute Gasteiger partial charge is 0.443 e. The molecule has 0 fully saturated rings. The van der Waals surface area contributed by atoms with Crippen molar-refractivity contribution in [2.24, 2.45) is 0 Å². The molecular weight excluding hydrogens is 212 g/mol. The van der Waals surface area contributed by atoms with Crippen molar-refractivity contribution in [1.29, 1.82) is 0 Å². The number of H-pyrrole nitrogens is 2. The molecule has 0 radical (unpaired) electrons. The molecule has 0 spiro atoms. The van der Waals surface area contributed by atoms with Gasteiger partial charge in [0.15, 0.2) is 18.1 Å². The number of aromatic amines is 2. The van der Waals surface area contributed by atoms with E-state index in [1.807, 2.05) is 19.2 Å². The highest BCUT2D eigenvalue weighted by atomic mass is 35.5. The molecule has 0 aliphatic rings. The lowest BCUT2D eigenvalue weighted by Crippen LogP contribution is -2.03. The van der Waals surface area contributed by atoms with Crippen molar-refractivity contribution in [3.05, 3.63) is 47.5 Å². The third kappa shape index (κ3) is 2.25. The molecule has 15 heavy (non-hydrogen) atoms. The fourth-order valence-corrected chi connectivity index (χ4v) is 1.35. The smallest absolute Gasteiger partial charge is 0.211 e. The number of nitrogens with one attached hydrogen (secondary N) is 2. The van der Waals surface area contributed by atoms with Gasteiger partial charge in [-0.15, -0.1) is 0 Å². The van der Waals surface area contributed by atoms with E-state index in [1.165, 1.54) is 0 Å². The summed E-state index contributed by atoms with van der Waals surface area (Å²) < 4.78 is 5.65. The number of hydrogen-bond acceptors (Lipinski definition) is 1. The molecular formula is C11H11ClN2O+2. The lowest BCUT2D eigenvalue weighted by atomic mass is 10.3. The molecule has 4 heteroatoms. The van der Waals surface area contributed by atoms with Gasteiger partial charge in [-0.1, -0.05) is 11.6 Å². The van der Waals surface area contributed by atoms with E-state index in [0.717, 1.165) is 11.3 Å². The van der Waals surface area contributed by atoms with Gasteiger partial charge in [-0.3, -0.25) is 0 Å². The highest BCUT2D eigenvalue weighted by Crippen LogP contribution is 2.27. The molecule has 0 saturated heterocycles. The van der Waals surface area contributed by atoms with Gasteiger partial charge in [-0.05, 0) is 6.92 Å². The summed E-state index contributed by atoms with van der Waals surface area (Å²) in [5.41, 5.74) is 1.05. The third-order valence-corrected chi connectivity index (χ3v) is 2.34. The summed E-state index contributed by atoms with van der Waals surface area (Å²) in [6.07, 6.45) is 7.10. The Bertz CT molecular complexity index is 430. The van der Waals surface area contributed by atoms with Crippen LogP contribution in [0, 0.1) is 6.92 Å². The molecule has 76 valence electrons. The highest BCUT2D eigenvalue weighted by Gasteiger charge is 2.09. The van der Waals surface area contributed by atoms with Crippen molar-refractivity contribution in [3.8, 4) is 11.5 Å². The fraction of sp³-hybridized carbons (Fsp3) is 0.0909. The summed E-state index contributed by atoms with van der Waals surface area (Å²) in [6.45, 7) is 1.98. The number of ether oxygens (including phenoxy) is 1. The molecule has 2 aromatic heterocycles. The number of rotatable bonds is 2. The molecule has 2 N–H and O–H groups in total. The first kappa shape index (κ1) is 9.93. The van der Waals surface area contributed by atoms with E-state index in [0.29, 0.717) is 10.8 Å². The molecule has 3 nitrogen and oxygen atoms in total. The predicted molar refractivity (Wildman–Crippen MR) is 55.8 cm³/mol. The molecule has 2 aromatic rings. The Morgan fingerprint density at radius 3 is 2.40 bits per heavy atom. The number of aryl methyl sites for hydroxylation is 1. The maximum atomic E-state index is 5.97. The Balaban J connectivity index is 2.30. The van der Waals surface area contributed by atoms with Crippen LogP contribution in [0.25, 0.3) is 0 Å². The van der Waals surface area contributed by atoms with Crippen LogP contribution >= 0.6 is 11.6 Å². The van der Waals surface area contributed by atoms with Gasteiger partial charge >= 0.3 is 0 Å². The van der Waals surface area contributed by atoms with Crippen molar-refractivity contribution < 1.29 is 14.7 Å². The van der Waals surface area contributed by atoms with Crippen LogP contribution < -0.4 is 14.7 Å². The van der Waals surface area contributed by atoms with Crippen LogP contribution in [0.3, 0.4) is 0 Å². The number of hydrogen-bond donors (Lipinski definition) is 0. The van der Waals surface area contributed by atoms with Gasteiger partial charge < -0.3 is 4.74 Å². The summed E-state index contributed by atoms with van der Waals surface area (Å²) >= 11 is 5.97. The van der Waals surface area contributed by atoms with E-state index in [-0.39, 0.29) is 0 Å². The topological polar surface area (TPSA) is 37.5 Å². The molecule has 2 heterocycles. The molecule has 0 aliphatic heterocycles. The minimum Gasteiger partial charge on any atom is -0.443 e. The molecule has 0 unspecified atom stereocenters. The molecule has 0 atom stereocenters. The van der Waals surface area contributed by atoms with Gasteiger partial charge in [-0.25, -0.2) is 9.97 Å². The number of aromatic nitrogens is 2. The second-order valence-electron chi connectivity index (χ2n) is 3.15. The summed E-state index contributed by atoms with van der Waals surface area (Å²) in [5.74, 6) is 1.38. The Hall–Kier alpha value is -1.61. The Morgan fingerprint density at radius 2 is 1.73 bits per heavy atom. The number of pyridine rings is 2. The van der Waals surface area contributed by atoms with Crippen LogP contribution in [-0.2, 0) is 0 Å². The second-order valence-corrected chi connectivity index (χ2v) is 3.56. The van der Waals surface area contributed by atoms with Crippen LogP contribution in [0.1, 0.15) is 5.56 Å². The van der Waals surface area contributed by atoms with Gasteiger partial charge in [0.1, 0.15) is 0 Å². The van der Waals surface area contributed by atoms with Gasteiger partial charge in [0.2, 0.25) is 18.1 Å². The first-order valence-electron chi connectivity index (χ1n) is 4.57. The van der Waals surface area contributed by atoms with Crippen LogP contribution in [0.4, 0.5) is 0 Å². The monoisotopic (exact) mass is 222 g/mol. The zero-order chi connectivity index (χ0) is 10.7. The lowest BCUT2D eigenvalue weighted by molar-refractivity contribution is -0.380. The average Bonchev–Trinajstić information content (AvgIpc) is 2.24. The first-order chi connectivity index (χ1) is 7.27. The second kappa shape index (κ2) is 4.28. The van der Waals surface area contributed by atoms with E-state index < -0.39 is 0 Å². The SMILES string of the molecule is Cc1cc[nH+]cc1Oc1c[nH+]ccc1Cl. The van der Waals surface area contributed by atoms with Crippen LogP contribution in [0.15, 0.2) is 36.9 Å². The minimum atomic E-state index is 0.581. The summed E-state index contributed by atoms with van der Waals surface area (Å²) in [4.78, 5) is 5.89. The summed E-state index contributed by atoms with van der Waals surface area (Å²) in [6, 6.07) is 3.69. The van der Waals surface area contributed by atoms with E-state index in [9.17, 15) is 0 Å². The molecule has 0 aliphatic carbocycles. The molecule has 0 aromatic carbocycles. The van der Waals surface area contributed by atoms with Crippen LogP contribution in [-0.4, -0.2) is 0 Å². The Kier molecular flexibility index (Phi) is 2.83. The van der Waals surface area contributed by atoms with Crippen molar-refractivity contribution >= 4 is 11.6 Å². The van der Waals surface area contributed by atoms with Crippen LogP contribution in [0.2, 0.25) is 5.02 Å². The maximum absolute atomic E-state index is 5.97. The van der Waals surface area contributed by atoms with Crippen molar-refractivity contribution in [2.45, 2.75) is 6.92 Å². The molecule has 2 rings (SSSR count). The Morgan fingerprint density at radius 1 is 1.07 bits per heavy atom. The fourth-order valence-electron chi connectivity index (χ4n) is 1.20. The van der Waals surface area contributed by atoms with Crippen molar-refractivity contribution in [2.75, 3.05) is 0 Å². The third-order valence-electron chi connectivity index (χ3n) is 2.03. The van der Waals surface area contributed by atoms with Crippen LogP contribution in [0.5, 0.6) is 11.5 Å². The molecule has 0 amide bonds. The first-order valence-corrected chi connectivity index (χ1v) is 4.95. The van der Waals surface area contributed by atoms with Crippen molar-refractivity contribution in [3.63, 3.8) is 0 Å². The minimum absolute atomic E-state index is 0.581. The van der Waals surface area contributed by atoms with Gasteiger partial charge in [0, 0.05) is 17.7 Å². The highest BCUT2D eigenvalue weighted by molar-refractivity contribution is 6.31. The van der Waals surface area contributed by atoms with Crippen molar-refractivity contribution in [1.82, 2.24) is 0 Å². The summed E-state index contributed by atoms with van der Waals surface area (Å²) in [5, 5.41) is 0.581. The number of halogens is 1. The van der Waals surface area contributed by atoms with Gasteiger partial charge in [0.05, 0.1) is 5.02 Å². The average molecular weight is 223 g/mol. The van der Waals surface area contributed by atoms with Gasteiger partial charge in [-0.2, -0.15) is 0 Å². The zero-order valence-electron chi connectivity index (χ0n) is 8.25. The standard InChI is InChI=1S/C11H9ClN2O/c1-8-2-4-13-6-10(8)15-11-7-14-5-3-9(11)12/h2-7H,1H3/p+2. The maximum Gasteiger partial charge on any atom is 0.211 e. The zero-order valence-corrected chi connectivity index (χ0v) is 9.01. The van der Waals surface area contributed by atoms with E-state index in [4.69, 9.17) is 16.3 Å². The summed E-state index contributed by atoms with van der Waals surface area (Å²) in [7, 11) is 0. The predicted octanol–water partition coefficient (Wildman–Crippen LogP) is 2.07.